The van der Waals surface area contributed by atoms with E-state index in [1.54, 1.807) is 48.2 Å². The van der Waals surface area contributed by atoms with Gasteiger partial charge in [-0.05, 0) is 267 Å². The number of benzene rings is 4. The van der Waals surface area contributed by atoms with Crippen LogP contribution in [0.2, 0.25) is 20.1 Å². The van der Waals surface area contributed by atoms with Gasteiger partial charge in [0.1, 0.15) is 40.3 Å². The van der Waals surface area contributed by atoms with Gasteiger partial charge in [0.15, 0.2) is 0 Å². The van der Waals surface area contributed by atoms with E-state index in [1.807, 2.05) is 81.2 Å². The highest BCUT2D eigenvalue weighted by molar-refractivity contribution is 14.1. The lowest BCUT2D eigenvalue weighted by molar-refractivity contribution is -0.131. The number of aromatic nitrogens is 4. The fourth-order valence-corrected chi connectivity index (χ4v) is 12.4. The van der Waals surface area contributed by atoms with Crippen molar-refractivity contribution in [1.82, 2.24) is 39.6 Å². The Hall–Kier alpha value is -6.24. The van der Waals surface area contributed by atoms with Crippen molar-refractivity contribution >= 4 is 92.9 Å². The minimum atomic E-state index is -0.466. The van der Waals surface area contributed by atoms with Crippen LogP contribution in [0.1, 0.15) is 115 Å². The minimum absolute atomic E-state index is 0.0170. The van der Waals surface area contributed by atoms with Gasteiger partial charge in [0.2, 0.25) is 5.91 Å². The molecule has 4 aliphatic rings. The van der Waals surface area contributed by atoms with Crippen LogP contribution in [-0.2, 0) is 54.0 Å². The zero-order valence-electron chi connectivity index (χ0n) is 55.3. The van der Waals surface area contributed by atoms with Crippen LogP contribution in [0.5, 0.6) is 0 Å². The summed E-state index contributed by atoms with van der Waals surface area (Å²) >= 11 is 25.1. The molecule has 0 radical (unpaired) electrons. The fraction of sp³-hybridized carbons (Fsp3) is 0.471. The maximum atomic E-state index is 13.4. The van der Waals surface area contributed by atoms with Gasteiger partial charge in [-0.15, -0.1) is 0 Å². The summed E-state index contributed by atoms with van der Waals surface area (Å²) in [5.41, 5.74) is 8.70. The summed E-state index contributed by atoms with van der Waals surface area (Å²) in [6.45, 7) is 21.5. The molecule has 10 rings (SSSR count). The van der Waals surface area contributed by atoms with E-state index in [2.05, 4.69) is 22.1 Å². The summed E-state index contributed by atoms with van der Waals surface area (Å²) in [5, 5.41) is 12.9. The number of piperidine rings is 4. The van der Waals surface area contributed by atoms with E-state index in [-0.39, 0.29) is 58.9 Å². The monoisotopic (exact) mass is 1510 g/mol. The van der Waals surface area contributed by atoms with E-state index in [0.717, 1.165) is 104 Å². The molecule has 6 aromatic rings. The summed E-state index contributed by atoms with van der Waals surface area (Å²) in [6.07, 6.45) is 9.94. The van der Waals surface area contributed by atoms with Gasteiger partial charge in [-0.25, -0.2) is 36.5 Å². The second-order valence-electron chi connectivity index (χ2n) is 25.9. The number of hydrogen-bond donors (Lipinski definition) is 2. The quantitative estimate of drug-likeness (QED) is 0.0839. The van der Waals surface area contributed by atoms with Crippen LogP contribution < -0.4 is 22.2 Å². The molecule has 4 aliphatic heterocycles. The fourth-order valence-electron chi connectivity index (χ4n) is 10.6. The first-order valence-electron chi connectivity index (χ1n) is 31.5. The normalized spacial score (nSPS) is 15.4. The van der Waals surface area contributed by atoms with Crippen molar-refractivity contribution in [3.05, 3.63) is 199 Å². The molecule has 16 nitrogen and oxygen atoms in total. The number of rotatable bonds is 8. The predicted octanol–water partition coefficient (Wildman–Crippen LogP) is 15.3. The Morgan fingerprint density at radius 2 is 0.916 bits per heavy atom. The van der Waals surface area contributed by atoms with Crippen LogP contribution in [0.15, 0.2) is 119 Å². The molecule has 25 heteroatoms. The average Bonchev–Trinajstić information content (AvgIpc) is 0.946. The lowest BCUT2D eigenvalue weighted by Crippen LogP contribution is -2.42. The molecule has 2 aromatic heterocycles. The number of carbonyl (C=O) groups excluding carboxylic acids is 3. The number of nitrogens with two attached hydrogens (primary N) is 1. The second-order valence-corrected chi connectivity index (χ2v) is 28.9. The largest absolute Gasteiger partial charge is 0.444 e. The molecule has 6 heterocycles. The Morgan fingerprint density at radius 1 is 0.547 bits per heavy atom. The number of ether oxygens (including phenoxy) is 2. The second kappa shape index (κ2) is 38.6. The third-order valence-electron chi connectivity index (χ3n) is 15.3. The third-order valence-corrected chi connectivity index (χ3v) is 16.8. The van der Waals surface area contributed by atoms with Gasteiger partial charge < -0.3 is 35.2 Å². The number of carbonyl (C=O) groups is 3. The van der Waals surface area contributed by atoms with Crippen LogP contribution in [0.3, 0.4) is 0 Å². The molecule has 3 amide bonds. The van der Waals surface area contributed by atoms with E-state index in [1.165, 1.54) is 88.4 Å². The number of hydrogen-bond acceptors (Lipinski definition) is 11. The van der Waals surface area contributed by atoms with Crippen molar-refractivity contribution in [2.24, 2.45) is 31.8 Å². The number of nitrogens with one attached hydrogen (secondary N) is 1. The van der Waals surface area contributed by atoms with Gasteiger partial charge in [0, 0.05) is 89.2 Å². The summed E-state index contributed by atoms with van der Waals surface area (Å²) in [4.78, 5) is 63.4. The topological polar surface area (TPSA) is 187 Å². The number of nitrogen functional groups attached to an aromatic ring is 1. The van der Waals surface area contributed by atoms with Crippen molar-refractivity contribution < 1.29 is 41.4 Å². The van der Waals surface area contributed by atoms with Gasteiger partial charge in [-0.2, -0.15) is 10.2 Å². The molecule has 0 spiro atoms. The summed E-state index contributed by atoms with van der Waals surface area (Å²) < 4.78 is 66.1. The van der Waals surface area contributed by atoms with Crippen molar-refractivity contribution in [2.75, 3.05) is 58.1 Å². The van der Waals surface area contributed by atoms with E-state index in [4.69, 9.17) is 61.6 Å². The highest BCUT2D eigenvalue weighted by Gasteiger charge is 2.28. The molecular weight excluding hydrogens is 1420 g/mol. The van der Waals surface area contributed by atoms with Crippen LogP contribution in [-0.4, -0.2) is 116 Å². The SMILES string of the molecule is C=C1CCN(C(=O)OC(C)(C)C)CC1.CC(C)(C)OC(=O)N1CCC(Cc2cc(F)cc(Cl)c2)CC1.Cn1nc(CC(=O)N2CCC(Cc3cc(F)cc(Cl)c3)CC2)ccc1=O.Cn1nc(N)ccc1=O.Fc1cc(Cl)cc(CC2CCNCC2)c1.Fc1cc(Cl)cc(I)c1. The Morgan fingerprint density at radius 3 is 1.28 bits per heavy atom. The zero-order valence-corrected chi connectivity index (χ0v) is 60.5. The average molecular weight is 1510 g/mol. The van der Waals surface area contributed by atoms with Crippen LogP contribution >= 0.6 is 69.0 Å². The first-order chi connectivity index (χ1) is 44.6. The maximum absolute atomic E-state index is 13.4. The molecule has 0 unspecified atom stereocenters. The van der Waals surface area contributed by atoms with Gasteiger partial charge in [-0.1, -0.05) is 58.6 Å². The van der Waals surface area contributed by atoms with E-state index in [0.29, 0.717) is 75.5 Å². The molecule has 4 aromatic carbocycles. The van der Waals surface area contributed by atoms with Gasteiger partial charge in [-0.3, -0.25) is 14.4 Å². The molecule has 4 fully saturated rings. The van der Waals surface area contributed by atoms with Crippen molar-refractivity contribution in [3.8, 4) is 0 Å². The van der Waals surface area contributed by atoms with E-state index in [9.17, 15) is 41.5 Å². The van der Waals surface area contributed by atoms with Gasteiger partial charge in [0.05, 0.1) is 12.1 Å². The molecule has 0 aliphatic carbocycles. The molecular formula is C70H88Cl4F4IN9O7. The first kappa shape index (κ1) is 79.4. The van der Waals surface area contributed by atoms with Crippen LogP contribution in [0, 0.1) is 44.6 Å². The molecule has 0 bridgehead atoms. The Bertz CT molecular complexity index is 3500. The highest BCUT2D eigenvalue weighted by atomic mass is 127. The number of aryl methyl sites for hydroxylation is 2. The number of amides is 3. The number of nitrogens with zero attached hydrogens (tertiary/aromatic N) is 7. The summed E-state index contributed by atoms with van der Waals surface area (Å²) in [5.74, 6) is 0.769. The molecule has 3 N–H and O–H groups in total. The highest BCUT2D eigenvalue weighted by Crippen LogP contribution is 2.28. The van der Waals surface area contributed by atoms with Gasteiger partial charge in [0.25, 0.3) is 11.1 Å². The standard InChI is InChI=1S/C19H21ClFN3O2.C17H23ClFNO2.C12H15ClFN.C11H19NO2.C6H3ClFI.C5H7N3O/c1-23-18(25)3-2-17(22-23)12-19(26)24-6-4-13(5-7-24)8-14-9-15(20)11-16(21)10-14;1-17(2,3)22-16(21)20-6-4-12(5-7-20)8-13-9-14(18)11-15(19)10-13;13-11-6-10(7-12(14)8-11)5-9-1-3-15-4-2-9;1-9-5-7-12(8-6-9)10(13)14-11(2,3)4;7-4-1-5(8)3-6(9)2-4;1-8-5(9)3-2-4(6)7-8/h2-3,9-11,13H,4-8,12H2,1H3;9-12H,4-8H2,1-3H3;6-9,15H,1-5H2;1,5-8H2,2-4H3;1-3H;2-3H,1H3,(H2,6,7). The lowest BCUT2D eigenvalue weighted by Gasteiger charge is -2.33. The predicted molar refractivity (Wildman–Crippen MR) is 378 cm³/mol. The van der Waals surface area contributed by atoms with Crippen molar-refractivity contribution in [2.45, 2.75) is 130 Å². The molecule has 0 saturated carbocycles. The molecule has 518 valence electrons. The lowest BCUT2D eigenvalue weighted by atomic mass is 9.90. The Labute approximate surface area is 588 Å². The number of likely N-dealkylation sites (tertiary alicyclic amines) is 3. The number of anilines is 1. The smallest absolute Gasteiger partial charge is 0.410 e. The first-order valence-corrected chi connectivity index (χ1v) is 34.1. The number of halogens is 9. The van der Waals surface area contributed by atoms with Crippen LogP contribution in [0.25, 0.3) is 0 Å². The maximum Gasteiger partial charge on any atom is 0.410 e. The van der Waals surface area contributed by atoms with Crippen molar-refractivity contribution in [1.29, 1.82) is 0 Å². The Balaban J connectivity index is 0.000000215. The van der Waals surface area contributed by atoms with E-state index < -0.39 is 11.2 Å². The molecule has 0 atom stereocenters. The molecule has 95 heavy (non-hydrogen) atoms. The summed E-state index contributed by atoms with van der Waals surface area (Å²) in [6, 6.07) is 24.4. The van der Waals surface area contributed by atoms with Crippen LogP contribution in [0.4, 0.5) is 33.0 Å². The minimum Gasteiger partial charge on any atom is -0.444 e. The van der Waals surface area contributed by atoms with Gasteiger partial charge >= 0.3 is 12.2 Å². The van der Waals surface area contributed by atoms with E-state index >= 15 is 0 Å². The third kappa shape index (κ3) is 31.2. The van der Waals surface area contributed by atoms with Crippen molar-refractivity contribution in [3.63, 3.8) is 0 Å². The summed E-state index contributed by atoms with van der Waals surface area (Å²) in [7, 11) is 3.12. The zero-order chi connectivity index (χ0) is 70.2. The molecule has 4 saturated heterocycles. The Kier molecular flexibility index (Phi) is 32.3.